The summed E-state index contributed by atoms with van der Waals surface area (Å²) in [7, 11) is 0. The second-order valence-electron chi connectivity index (χ2n) is 4.72. The Morgan fingerprint density at radius 3 is 2.56 bits per heavy atom. The van der Waals surface area contributed by atoms with Crippen molar-refractivity contribution in [3.8, 4) is 10.6 Å². The molecule has 0 fully saturated rings. The van der Waals surface area contributed by atoms with E-state index >= 15 is 0 Å². The molecule has 2 N–H and O–H groups in total. The second-order valence-corrected chi connectivity index (χ2v) is 5.67. The summed E-state index contributed by atoms with van der Waals surface area (Å²) in [5, 5.41) is 2.03. The Balaban J connectivity index is 2.53. The summed E-state index contributed by atoms with van der Waals surface area (Å²) in [4.78, 5) is 9.68. The Bertz CT molecular complexity index is 483. The van der Waals surface area contributed by atoms with Gasteiger partial charge in [-0.3, -0.25) is 0 Å². The molecule has 2 rings (SSSR count). The van der Waals surface area contributed by atoms with Gasteiger partial charge in [-0.1, -0.05) is 26.8 Å². The molecular formula is C12H15N3S. The molecule has 0 aliphatic carbocycles. The minimum atomic E-state index is -0.0108. The highest BCUT2D eigenvalue weighted by Gasteiger charge is 2.17. The molecule has 0 bridgehead atoms. The van der Waals surface area contributed by atoms with Crippen molar-refractivity contribution in [2.24, 2.45) is 0 Å². The Kier molecular flexibility index (Phi) is 2.68. The van der Waals surface area contributed by atoms with E-state index < -0.39 is 0 Å². The summed E-state index contributed by atoms with van der Waals surface area (Å²) in [6.07, 6.45) is 0. The lowest BCUT2D eigenvalue weighted by Gasteiger charge is -2.18. The van der Waals surface area contributed by atoms with E-state index in [2.05, 4.69) is 30.7 Å². The van der Waals surface area contributed by atoms with Crippen LogP contribution in [0.2, 0.25) is 0 Å². The molecule has 0 spiro atoms. The summed E-state index contributed by atoms with van der Waals surface area (Å²) < 4.78 is 0. The van der Waals surface area contributed by atoms with E-state index in [9.17, 15) is 0 Å². The largest absolute Gasteiger partial charge is 0.368 e. The number of anilines is 1. The molecule has 4 heteroatoms. The molecule has 0 unspecified atom stereocenters. The zero-order chi connectivity index (χ0) is 11.8. The van der Waals surface area contributed by atoms with E-state index in [1.54, 1.807) is 11.3 Å². The van der Waals surface area contributed by atoms with Crippen LogP contribution in [0.15, 0.2) is 23.6 Å². The molecule has 16 heavy (non-hydrogen) atoms. The first-order chi connectivity index (χ1) is 7.47. The molecule has 0 aromatic carbocycles. The van der Waals surface area contributed by atoms with Gasteiger partial charge in [0.1, 0.15) is 0 Å². The van der Waals surface area contributed by atoms with E-state index in [0.717, 1.165) is 16.3 Å². The van der Waals surface area contributed by atoms with Crippen LogP contribution in [0.4, 0.5) is 5.95 Å². The minimum absolute atomic E-state index is 0.0108. The maximum absolute atomic E-state index is 5.74. The molecule has 0 aliphatic heterocycles. The lowest BCUT2D eigenvalue weighted by atomic mass is 9.91. The van der Waals surface area contributed by atoms with Gasteiger partial charge >= 0.3 is 0 Å². The molecule has 0 radical (unpaired) electrons. The summed E-state index contributed by atoms with van der Waals surface area (Å²) >= 11 is 1.66. The van der Waals surface area contributed by atoms with Gasteiger partial charge in [0.15, 0.2) is 0 Å². The number of thiophene rings is 1. The van der Waals surface area contributed by atoms with Crippen molar-refractivity contribution in [2.45, 2.75) is 26.2 Å². The fourth-order valence-electron chi connectivity index (χ4n) is 1.40. The smallest absolute Gasteiger partial charge is 0.220 e. The molecule has 2 aromatic rings. The van der Waals surface area contributed by atoms with Gasteiger partial charge in [0.2, 0.25) is 5.95 Å². The van der Waals surface area contributed by atoms with Gasteiger partial charge in [0.25, 0.3) is 0 Å². The van der Waals surface area contributed by atoms with Crippen molar-refractivity contribution in [3.05, 3.63) is 29.3 Å². The topological polar surface area (TPSA) is 51.8 Å². The van der Waals surface area contributed by atoms with Gasteiger partial charge in [0, 0.05) is 5.41 Å². The molecule has 0 aliphatic rings. The number of aromatic nitrogens is 2. The highest BCUT2D eigenvalue weighted by atomic mass is 32.1. The van der Waals surface area contributed by atoms with E-state index in [4.69, 9.17) is 5.73 Å². The summed E-state index contributed by atoms with van der Waals surface area (Å²) in [6, 6.07) is 6.07. The Morgan fingerprint density at radius 2 is 2.00 bits per heavy atom. The fraction of sp³-hybridized carbons (Fsp3) is 0.333. The highest BCUT2D eigenvalue weighted by Crippen LogP contribution is 2.28. The monoisotopic (exact) mass is 233 g/mol. The molecule has 2 aromatic heterocycles. The minimum Gasteiger partial charge on any atom is -0.368 e. The molecule has 0 atom stereocenters. The maximum Gasteiger partial charge on any atom is 0.220 e. The molecule has 2 heterocycles. The van der Waals surface area contributed by atoms with Gasteiger partial charge in [-0.25, -0.2) is 9.97 Å². The van der Waals surface area contributed by atoms with E-state index in [-0.39, 0.29) is 5.41 Å². The van der Waals surface area contributed by atoms with Crippen LogP contribution >= 0.6 is 11.3 Å². The third kappa shape index (κ3) is 2.22. The number of nitrogens with two attached hydrogens (primary N) is 1. The highest BCUT2D eigenvalue weighted by molar-refractivity contribution is 7.13. The maximum atomic E-state index is 5.74. The second kappa shape index (κ2) is 3.87. The third-order valence-electron chi connectivity index (χ3n) is 2.29. The van der Waals surface area contributed by atoms with Crippen LogP contribution in [0.1, 0.15) is 26.5 Å². The van der Waals surface area contributed by atoms with Crippen molar-refractivity contribution in [3.63, 3.8) is 0 Å². The van der Waals surface area contributed by atoms with Crippen molar-refractivity contribution in [1.29, 1.82) is 0 Å². The van der Waals surface area contributed by atoms with E-state index in [1.165, 1.54) is 0 Å². The van der Waals surface area contributed by atoms with Gasteiger partial charge in [-0.05, 0) is 17.5 Å². The Hall–Kier alpha value is -1.42. The number of nitrogens with zero attached hydrogens (tertiary/aromatic N) is 2. The van der Waals surface area contributed by atoms with Crippen LogP contribution in [0.5, 0.6) is 0 Å². The zero-order valence-electron chi connectivity index (χ0n) is 9.69. The third-order valence-corrected chi connectivity index (χ3v) is 3.18. The van der Waals surface area contributed by atoms with Gasteiger partial charge in [-0.2, -0.15) is 0 Å². The number of nitrogen functional groups attached to an aromatic ring is 1. The van der Waals surface area contributed by atoms with Crippen LogP contribution in [0.3, 0.4) is 0 Å². The van der Waals surface area contributed by atoms with Crippen molar-refractivity contribution in [2.75, 3.05) is 5.73 Å². The molecule has 0 saturated heterocycles. The van der Waals surface area contributed by atoms with Crippen LogP contribution in [-0.2, 0) is 5.41 Å². The summed E-state index contributed by atoms with van der Waals surface area (Å²) in [6.45, 7) is 6.35. The van der Waals surface area contributed by atoms with E-state index in [1.807, 2.05) is 23.6 Å². The molecule has 3 nitrogen and oxygen atoms in total. The van der Waals surface area contributed by atoms with Crippen molar-refractivity contribution >= 4 is 17.3 Å². The Morgan fingerprint density at radius 1 is 1.25 bits per heavy atom. The standard InChI is InChI=1S/C12H15N3S/c1-12(2,3)10-7-8(14-11(13)15-10)9-5-4-6-16-9/h4-7H,1-3H3,(H2,13,14,15). The van der Waals surface area contributed by atoms with Crippen molar-refractivity contribution in [1.82, 2.24) is 9.97 Å². The first-order valence-corrected chi connectivity index (χ1v) is 6.04. The van der Waals surface area contributed by atoms with Crippen LogP contribution in [0.25, 0.3) is 10.6 Å². The Labute approximate surface area is 99.4 Å². The van der Waals surface area contributed by atoms with Crippen LogP contribution in [0, 0.1) is 0 Å². The number of hydrogen-bond donors (Lipinski definition) is 1. The predicted molar refractivity (Wildman–Crippen MR) is 68.5 cm³/mol. The quantitative estimate of drug-likeness (QED) is 0.823. The van der Waals surface area contributed by atoms with Gasteiger partial charge < -0.3 is 5.73 Å². The number of rotatable bonds is 1. The lowest BCUT2D eigenvalue weighted by Crippen LogP contribution is -2.15. The van der Waals surface area contributed by atoms with E-state index in [0.29, 0.717) is 5.95 Å². The first kappa shape index (κ1) is 11.1. The normalized spacial score (nSPS) is 11.7. The molecule has 84 valence electrons. The lowest BCUT2D eigenvalue weighted by molar-refractivity contribution is 0.568. The average Bonchev–Trinajstić information content (AvgIpc) is 2.68. The molecule has 0 amide bonds. The van der Waals surface area contributed by atoms with Crippen molar-refractivity contribution < 1.29 is 0 Å². The summed E-state index contributed by atoms with van der Waals surface area (Å²) in [5.74, 6) is 0.343. The molecular weight excluding hydrogens is 218 g/mol. The fourth-order valence-corrected chi connectivity index (χ4v) is 2.09. The molecule has 0 saturated carbocycles. The first-order valence-electron chi connectivity index (χ1n) is 5.16. The van der Waals surface area contributed by atoms with Gasteiger partial charge in [0.05, 0.1) is 16.3 Å². The predicted octanol–water partition coefficient (Wildman–Crippen LogP) is 3.08. The van der Waals surface area contributed by atoms with Crippen LogP contribution in [-0.4, -0.2) is 9.97 Å². The zero-order valence-corrected chi connectivity index (χ0v) is 10.5. The average molecular weight is 233 g/mol. The SMILES string of the molecule is CC(C)(C)c1cc(-c2cccs2)nc(N)n1. The number of hydrogen-bond acceptors (Lipinski definition) is 4. The van der Waals surface area contributed by atoms with Gasteiger partial charge in [-0.15, -0.1) is 11.3 Å². The van der Waals surface area contributed by atoms with Crippen LogP contribution < -0.4 is 5.73 Å². The summed E-state index contributed by atoms with van der Waals surface area (Å²) in [5.41, 5.74) is 7.62.